The van der Waals surface area contributed by atoms with Crippen molar-refractivity contribution < 1.29 is 14.4 Å². The number of carbonyl (C=O) groups excluding carboxylic acids is 3. The fourth-order valence-electron chi connectivity index (χ4n) is 2.82. The number of rotatable bonds is 3. The van der Waals surface area contributed by atoms with Crippen LogP contribution in [0.1, 0.15) is 13.3 Å². The summed E-state index contributed by atoms with van der Waals surface area (Å²) in [4.78, 5) is 41.9. The van der Waals surface area contributed by atoms with E-state index in [0.717, 1.165) is 0 Å². The highest BCUT2D eigenvalue weighted by molar-refractivity contribution is 6.39. The number of anilines is 1. The van der Waals surface area contributed by atoms with Crippen LogP contribution in [0.4, 0.5) is 5.69 Å². The van der Waals surface area contributed by atoms with Crippen LogP contribution in [0.2, 0.25) is 0 Å². The van der Waals surface area contributed by atoms with Crippen molar-refractivity contribution in [3.8, 4) is 0 Å². The number of carbonyl (C=O) groups is 3. The molecule has 2 heterocycles. The van der Waals surface area contributed by atoms with Gasteiger partial charge in [0.1, 0.15) is 6.04 Å². The summed E-state index contributed by atoms with van der Waals surface area (Å²) in [6, 6.07) is 8.32. The quantitative estimate of drug-likeness (QED) is 0.791. The third kappa shape index (κ3) is 2.94. The van der Waals surface area contributed by atoms with Crippen LogP contribution in [0.25, 0.3) is 0 Å². The number of hydrazine groups is 1. The van der Waals surface area contributed by atoms with Crippen LogP contribution in [0.15, 0.2) is 35.3 Å². The lowest BCUT2D eigenvalue weighted by Crippen LogP contribution is -2.58. The zero-order valence-electron chi connectivity index (χ0n) is 13.3. The van der Waals surface area contributed by atoms with E-state index in [4.69, 9.17) is 5.73 Å². The van der Waals surface area contributed by atoms with Crippen LogP contribution < -0.4 is 16.2 Å². The van der Waals surface area contributed by atoms with Crippen molar-refractivity contribution in [2.24, 2.45) is 16.6 Å². The minimum absolute atomic E-state index is 0.0936. The van der Waals surface area contributed by atoms with Crippen molar-refractivity contribution >= 4 is 29.2 Å². The molecule has 1 aromatic carbocycles. The van der Waals surface area contributed by atoms with Gasteiger partial charge in [-0.2, -0.15) is 0 Å². The van der Waals surface area contributed by atoms with Crippen molar-refractivity contribution in [2.75, 3.05) is 18.1 Å². The van der Waals surface area contributed by atoms with E-state index in [2.05, 4.69) is 10.4 Å². The lowest BCUT2D eigenvalue weighted by atomic mass is 10.1. The average Bonchev–Trinajstić information content (AvgIpc) is 3.07. The predicted molar refractivity (Wildman–Crippen MR) is 87.8 cm³/mol. The van der Waals surface area contributed by atoms with Gasteiger partial charge in [-0.1, -0.05) is 18.2 Å². The molecule has 0 aliphatic carbocycles. The van der Waals surface area contributed by atoms with Gasteiger partial charge in [-0.25, -0.2) is 10.0 Å². The van der Waals surface area contributed by atoms with Gasteiger partial charge in [0.25, 0.3) is 11.8 Å². The molecule has 3 N–H and O–H groups in total. The van der Waals surface area contributed by atoms with E-state index >= 15 is 0 Å². The lowest BCUT2D eigenvalue weighted by Gasteiger charge is -2.31. The molecule has 0 saturated carbocycles. The molecule has 1 saturated heterocycles. The number of benzene rings is 1. The molecule has 1 fully saturated rings. The predicted octanol–water partition coefficient (Wildman–Crippen LogP) is -0.341. The highest BCUT2D eigenvalue weighted by atomic mass is 16.2. The van der Waals surface area contributed by atoms with Crippen molar-refractivity contribution in [1.29, 1.82) is 0 Å². The van der Waals surface area contributed by atoms with Crippen molar-refractivity contribution in [2.45, 2.75) is 19.4 Å². The number of amides is 3. The summed E-state index contributed by atoms with van der Waals surface area (Å²) >= 11 is 0. The summed E-state index contributed by atoms with van der Waals surface area (Å²) in [5, 5.41) is 1.33. The summed E-state index contributed by atoms with van der Waals surface area (Å²) in [5.74, 6) is -1.22. The van der Waals surface area contributed by atoms with E-state index in [1.54, 1.807) is 31.2 Å². The molecule has 8 nitrogen and oxygen atoms in total. The first-order valence-corrected chi connectivity index (χ1v) is 7.79. The number of aliphatic imine (C=N–C) groups is 1. The van der Waals surface area contributed by atoms with Gasteiger partial charge >= 0.3 is 0 Å². The number of nitrogens with one attached hydrogen (secondary N) is 1. The molecule has 24 heavy (non-hydrogen) atoms. The monoisotopic (exact) mass is 329 g/mol. The molecule has 2 atom stereocenters. The number of hydrogen-bond donors (Lipinski definition) is 2. The second-order valence-corrected chi connectivity index (χ2v) is 5.91. The molecule has 3 amide bonds. The Morgan fingerprint density at radius 3 is 2.62 bits per heavy atom. The Labute approximate surface area is 139 Å². The molecule has 0 aromatic heterocycles. The summed E-state index contributed by atoms with van der Waals surface area (Å²) in [6.07, 6.45) is 0.547. The van der Waals surface area contributed by atoms with Gasteiger partial charge in [0.05, 0.1) is 11.6 Å². The number of primary amides is 1. The molecule has 126 valence electrons. The number of nitrogens with two attached hydrogens (primary N) is 1. The summed E-state index contributed by atoms with van der Waals surface area (Å²) < 4.78 is 0. The van der Waals surface area contributed by atoms with E-state index in [1.165, 1.54) is 9.91 Å². The van der Waals surface area contributed by atoms with Gasteiger partial charge in [0.15, 0.2) is 0 Å². The van der Waals surface area contributed by atoms with E-state index < -0.39 is 11.9 Å². The minimum Gasteiger partial charge on any atom is -0.369 e. The van der Waals surface area contributed by atoms with E-state index in [1.807, 2.05) is 6.07 Å². The van der Waals surface area contributed by atoms with Gasteiger partial charge in [0, 0.05) is 13.1 Å². The third-order valence-electron chi connectivity index (χ3n) is 4.21. The van der Waals surface area contributed by atoms with Gasteiger partial charge in [0.2, 0.25) is 11.7 Å². The van der Waals surface area contributed by atoms with Crippen molar-refractivity contribution in [3.05, 3.63) is 30.3 Å². The molecule has 3 rings (SSSR count). The van der Waals surface area contributed by atoms with Crippen LogP contribution >= 0.6 is 0 Å². The fourth-order valence-corrected chi connectivity index (χ4v) is 2.82. The zero-order chi connectivity index (χ0) is 17.3. The van der Waals surface area contributed by atoms with Gasteiger partial charge in [-0.05, 0) is 25.5 Å². The van der Waals surface area contributed by atoms with Crippen LogP contribution in [-0.2, 0) is 14.4 Å². The van der Waals surface area contributed by atoms with Crippen molar-refractivity contribution in [1.82, 2.24) is 10.3 Å². The normalized spacial score (nSPS) is 23.7. The Morgan fingerprint density at radius 2 is 2.00 bits per heavy atom. The number of amidine groups is 1. The SMILES string of the molecule is C[C@H]1N=C(C(=O)N2CC[C@H](C(N)=O)C2)NN(c2ccccc2)C1=O. The van der Waals surface area contributed by atoms with Crippen LogP contribution in [0, 0.1) is 5.92 Å². The molecule has 2 aliphatic rings. The molecule has 1 aromatic rings. The van der Waals surface area contributed by atoms with Crippen LogP contribution in [0.5, 0.6) is 0 Å². The summed E-state index contributed by atoms with van der Waals surface area (Å²) in [6.45, 7) is 2.37. The Balaban J connectivity index is 1.78. The average molecular weight is 329 g/mol. The summed E-state index contributed by atoms with van der Waals surface area (Å²) in [5.41, 5.74) is 8.73. The smallest absolute Gasteiger partial charge is 0.290 e. The zero-order valence-corrected chi connectivity index (χ0v) is 13.3. The Kier molecular flexibility index (Phi) is 4.20. The number of hydrogen-bond acceptors (Lipinski definition) is 5. The molecular weight excluding hydrogens is 310 g/mol. The highest BCUT2D eigenvalue weighted by Crippen LogP contribution is 2.19. The minimum atomic E-state index is -0.667. The fraction of sp³-hybridized carbons (Fsp3) is 0.375. The molecule has 2 aliphatic heterocycles. The first-order valence-electron chi connectivity index (χ1n) is 7.79. The molecular formula is C16H19N5O3. The van der Waals surface area contributed by atoms with Crippen molar-refractivity contribution in [3.63, 3.8) is 0 Å². The van der Waals surface area contributed by atoms with Gasteiger partial charge < -0.3 is 10.6 Å². The molecule has 0 unspecified atom stereocenters. The summed E-state index contributed by atoms with van der Waals surface area (Å²) in [7, 11) is 0. The molecule has 8 heteroatoms. The Morgan fingerprint density at radius 1 is 1.29 bits per heavy atom. The Bertz CT molecular complexity index is 703. The van der Waals surface area contributed by atoms with Crippen LogP contribution in [-0.4, -0.2) is 47.6 Å². The van der Waals surface area contributed by atoms with Crippen LogP contribution in [0.3, 0.4) is 0 Å². The molecule has 0 bridgehead atoms. The first-order chi connectivity index (χ1) is 11.5. The highest BCUT2D eigenvalue weighted by Gasteiger charge is 2.36. The topological polar surface area (TPSA) is 108 Å². The van der Waals surface area contributed by atoms with Gasteiger partial charge in [-0.3, -0.25) is 19.8 Å². The number of likely N-dealkylation sites (tertiary alicyclic amines) is 1. The number of para-hydroxylation sites is 1. The maximum absolute atomic E-state index is 12.6. The first kappa shape index (κ1) is 16.0. The molecule has 0 spiro atoms. The van der Waals surface area contributed by atoms with E-state index in [9.17, 15) is 14.4 Å². The third-order valence-corrected chi connectivity index (χ3v) is 4.21. The second-order valence-electron chi connectivity index (χ2n) is 5.91. The maximum atomic E-state index is 12.6. The van der Waals surface area contributed by atoms with Gasteiger partial charge in [-0.15, -0.1) is 0 Å². The molecule has 0 radical (unpaired) electrons. The van der Waals surface area contributed by atoms with E-state index in [0.29, 0.717) is 18.7 Å². The largest absolute Gasteiger partial charge is 0.369 e. The number of nitrogens with zero attached hydrogens (tertiary/aromatic N) is 3. The Hall–Kier alpha value is -2.90. The second kappa shape index (κ2) is 6.31. The standard InChI is InChI=1S/C16H19N5O3/c1-10-15(23)21(12-5-3-2-4-6-12)19-14(18-10)16(24)20-8-7-11(9-20)13(17)22/h2-6,10-11H,7-9H2,1H3,(H2,17,22)(H,18,19)/t10-,11+/m1/s1. The van der Waals surface area contributed by atoms with E-state index in [-0.39, 0.29) is 30.1 Å². The maximum Gasteiger partial charge on any atom is 0.290 e. The lowest BCUT2D eigenvalue weighted by molar-refractivity contribution is -0.124.